The summed E-state index contributed by atoms with van der Waals surface area (Å²) in [6, 6.07) is 0. The number of unbranched alkanes of at least 4 members (excludes halogenated alkanes) is 7. The molecule has 0 amide bonds. The van der Waals surface area contributed by atoms with Crippen LogP contribution < -0.4 is 0 Å². The van der Waals surface area contributed by atoms with Crippen LogP contribution in [-0.2, 0) is 14.4 Å². The lowest BCUT2D eigenvalue weighted by molar-refractivity contribution is -0.155. The predicted octanol–water partition coefficient (Wildman–Crippen LogP) is 3.78. The minimum Gasteiger partial charge on any atom is -0.481 e. The number of carboxylic acids is 3. The van der Waals surface area contributed by atoms with E-state index in [2.05, 4.69) is 6.92 Å². The molecule has 0 rings (SSSR count). The van der Waals surface area contributed by atoms with Crippen molar-refractivity contribution < 1.29 is 29.7 Å². The maximum atomic E-state index is 11.3. The van der Waals surface area contributed by atoms with Crippen LogP contribution in [-0.4, -0.2) is 33.2 Å². The van der Waals surface area contributed by atoms with Gasteiger partial charge in [0.15, 0.2) is 0 Å². The molecule has 0 aliphatic carbocycles. The van der Waals surface area contributed by atoms with Crippen molar-refractivity contribution in [2.45, 2.75) is 77.6 Å². The zero-order valence-corrected chi connectivity index (χ0v) is 14.0. The first-order chi connectivity index (χ1) is 10.9. The number of hydrogen-bond acceptors (Lipinski definition) is 3. The molecule has 0 aromatic heterocycles. The molecule has 23 heavy (non-hydrogen) atoms. The molecule has 0 radical (unpaired) electrons. The van der Waals surface area contributed by atoms with Gasteiger partial charge in [0.25, 0.3) is 0 Å². The molecule has 6 heteroatoms. The van der Waals surface area contributed by atoms with Gasteiger partial charge < -0.3 is 15.3 Å². The molecule has 0 fully saturated rings. The maximum absolute atomic E-state index is 11.3. The minimum atomic E-state index is -1.22. The fourth-order valence-corrected chi connectivity index (χ4v) is 2.77. The summed E-state index contributed by atoms with van der Waals surface area (Å²) in [5.74, 6) is -5.61. The maximum Gasteiger partial charge on any atom is 0.307 e. The quantitative estimate of drug-likeness (QED) is 0.394. The second-order valence-corrected chi connectivity index (χ2v) is 6.09. The van der Waals surface area contributed by atoms with Gasteiger partial charge >= 0.3 is 17.9 Å². The smallest absolute Gasteiger partial charge is 0.307 e. The Bertz CT molecular complexity index is 366. The number of hydrogen-bond donors (Lipinski definition) is 3. The van der Waals surface area contributed by atoms with Crippen molar-refractivity contribution in [2.75, 3.05) is 0 Å². The number of aliphatic carboxylic acids is 3. The van der Waals surface area contributed by atoms with Gasteiger partial charge in [-0.15, -0.1) is 0 Å². The van der Waals surface area contributed by atoms with Gasteiger partial charge in [0.2, 0.25) is 0 Å². The second kappa shape index (κ2) is 12.9. The third-order valence-corrected chi connectivity index (χ3v) is 4.16. The number of rotatable bonds is 15. The van der Waals surface area contributed by atoms with E-state index in [1.807, 2.05) is 0 Å². The van der Waals surface area contributed by atoms with E-state index in [1.54, 1.807) is 0 Å². The van der Waals surface area contributed by atoms with Crippen molar-refractivity contribution in [3.63, 3.8) is 0 Å². The highest BCUT2D eigenvalue weighted by Crippen LogP contribution is 2.25. The molecule has 3 N–H and O–H groups in total. The summed E-state index contributed by atoms with van der Waals surface area (Å²) in [5.41, 5.74) is 0. The van der Waals surface area contributed by atoms with Gasteiger partial charge in [-0.25, -0.2) is 0 Å². The van der Waals surface area contributed by atoms with Crippen molar-refractivity contribution in [3.8, 4) is 0 Å². The monoisotopic (exact) mass is 330 g/mol. The summed E-state index contributed by atoms with van der Waals surface area (Å²) in [6.07, 6.45) is 8.40. The van der Waals surface area contributed by atoms with E-state index in [4.69, 9.17) is 5.11 Å². The fraction of sp³-hybridized carbons (Fsp3) is 0.824. The zero-order chi connectivity index (χ0) is 17.7. The largest absolute Gasteiger partial charge is 0.481 e. The molecule has 0 saturated heterocycles. The molecule has 0 aliphatic rings. The molecule has 0 saturated carbocycles. The van der Waals surface area contributed by atoms with Crippen molar-refractivity contribution in [1.29, 1.82) is 0 Å². The Balaban J connectivity index is 4.19. The molecule has 0 bridgehead atoms. The number of carboxylic acid groups (broad SMARTS) is 3. The van der Waals surface area contributed by atoms with Crippen molar-refractivity contribution in [1.82, 2.24) is 0 Å². The molecular weight excluding hydrogens is 300 g/mol. The summed E-state index contributed by atoms with van der Waals surface area (Å²) in [7, 11) is 0. The third-order valence-electron chi connectivity index (χ3n) is 4.16. The van der Waals surface area contributed by atoms with E-state index >= 15 is 0 Å². The molecule has 0 heterocycles. The average molecular weight is 330 g/mol. The summed E-state index contributed by atoms with van der Waals surface area (Å²) in [4.78, 5) is 33.1. The van der Waals surface area contributed by atoms with Gasteiger partial charge in [-0.2, -0.15) is 0 Å². The lowest BCUT2D eigenvalue weighted by Crippen LogP contribution is -2.30. The van der Waals surface area contributed by atoms with E-state index in [0.717, 1.165) is 19.3 Å². The third kappa shape index (κ3) is 10.7. The molecule has 0 spiro atoms. The Morgan fingerprint density at radius 1 is 0.696 bits per heavy atom. The molecule has 0 aromatic carbocycles. The van der Waals surface area contributed by atoms with Crippen LogP contribution in [0.1, 0.15) is 77.6 Å². The second-order valence-electron chi connectivity index (χ2n) is 6.09. The number of carbonyl (C=O) groups is 3. The highest BCUT2D eigenvalue weighted by atomic mass is 16.4. The lowest BCUT2D eigenvalue weighted by atomic mass is 9.84. The normalized spacial score (nSPS) is 13.4. The SMILES string of the molecule is CCCCCCCCCCC(C(=O)O)C(CCC(=O)O)C(=O)O. The molecule has 0 aromatic rings. The summed E-state index contributed by atoms with van der Waals surface area (Å²) in [6.45, 7) is 2.16. The van der Waals surface area contributed by atoms with Crippen molar-refractivity contribution >= 4 is 17.9 Å². The van der Waals surface area contributed by atoms with Crippen LogP contribution in [0.15, 0.2) is 0 Å². The van der Waals surface area contributed by atoms with Crippen LogP contribution in [0.3, 0.4) is 0 Å². The van der Waals surface area contributed by atoms with Crippen LogP contribution in [0.2, 0.25) is 0 Å². The Morgan fingerprint density at radius 2 is 1.13 bits per heavy atom. The van der Waals surface area contributed by atoms with E-state index in [0.29, 0.717) is 12.8 Å². The summed E-state index contributed by atoms with van der Waals surface area (Å²) in [5, 5.41) is 27.1. The molecule has 134 valence electrons. The zero-order valence-electron chi connectivity index (χ0n) is 14.0. The van der Waals surface area contributed by atoms with Gasteiger partial charge in [-0.1, -0.05) is 58.3 Å². The lowest BCUT2D eigenvalue weighted by Gasteiger charge is -2.19. The van der Waals surface area contributed by atoms with Gasteiger partial charge in [0.1, 0.15) is 0 Å². The minimum absolute atomic E-state index is 0.140. The Labute approximate surface area is 137 Å². The fourth-order valence-electron chi connectivity index (χ4n) is 2.77. The molecular formula is C17H30O6. The van der Waals surface area contributed by atoms with Crippen molar-refractivity contribution in [3.05, 3.63) is 0 Å². The van der Waals surface area contributed by atoms with Crippen LogP contribution in [0, 0.1) is 11.8 Å². The van der Waals surface area contributed by atoms with Gasteiger partial charge in [-0.3, -0.25) is 14.4 Å². The first kappa shape index (κ1) is 21.4. The van der Waals surface area contributed by atoms with E-state index < -0.39 is 29.7 Å². The van der Waals surface area contributed by atoms with Crippen molar-refractivity contribution in [2.24, 2.45) is 11.8 Å². The van der Waals surface area contributed by atoms with Gasteiger partial charge in [0, 0.05) is 6.42 Å². The first-order valence-corrected chi connectivity index (χ1v) is 8.57. The van der Waals surface area contributed by atoms with Crippen LogP contribution in [0.4, 0.5) is 0 Å². The first-order valence-electron chi connectivity index (χ1n) is 8.57. The Hall–Kier alpha value is -1.59. The summed E-state index contributed by atoms with van der Waals surface area (Å²) < 4.78 is 0. The van der Waals surface area contributed by atoms with E-state index in [1.165, 1.54) is 25.7 Å². The summed E-state index contributed by atoms with van der Waals surface area (Å²) >= 11 is 0. The highest BCUT2D eigenvalue weighted by molar-refractivity contribution is 5.80. The molecule has 2 atom stereocenters. The Kier molecular flexibility index (Phi) is 12.0. The van der Waals surface area contributed by atoms with Crippen LogP contribution in [0.5, 0.6) is 0 Å². The van der Waals surface area contributed by atoms with Crippen LogP contribution in [0.25, 0.3) is 0 Å². The average Bonchev–Trinajstić information content (AvgIpc) is 2.47. The Morgan fingerprint density at radius 3 is 1.57 bits per heavy atom. The molecule has 6 nitrogen and oxygen atoms in total. The van der Waals surface area contributed by atoms with Crippen LogP contribution >= 0.6 is 0 Å². The van der Waals surface area contributed by atoms with Gasteiger partial charge in [-0.05, 0) is 12.8 Å². The highest BCUT2D eigenvalue weighted by Gasteiger charge is 2.33. The topological polar surface area (TPSA) is 112 Å². The molecule has 2 unspecified atom stereocenters. The van der Waals surface area contributed by atoms with E-state index in [-0.39, 0.29) is 12.8 Å². The molecule has 0 aliphatic heterocycles. The predicted molar refractivity (Wildman–Crippen MR) is 86.3 cm³/mol. The standard InChI is InChI=1S/C17H30O6/c1-2-3-4-5-6-7-8-9-10-13(16(20)21)14(17(22)23)11-12-15(18)19/h13-14H,2-12H2,1H3,(H,18,19)(H,20,21)(H,22,23). The van der Waals surface area contributed by atoms with E-state index in [9.17, 15) is 24.6 Å². The van der Waals surface area contributed by atoms with Gasteiger partial charge in [0.05, 0.1) is 11.8 Å².